The van der Waals surface area contributed by atoms with E-state index in [0.717, 1.165) is 17.8 Å². The molecule has 0 bridgehead atoms. The summed E-state index contributed by atoms with van der Waals surface area (Å²) in [6, 6.07) is 15.1. The highest BCUT2D eigenvalue weighted by Gasteiger charge is 2.40. The van der Waals surface area contributed by atoms with Gasteiger partial charge in [-0.2, -0.15) is 5.10 Å². The summed E-state index contributed by atoms with van der Waals surface area (Å²) in [5, 5.41) is 14.3. The second-order valence-electron chi connectivity index (χ2n) is 8.00. The Morgan fingerprint density at radius 3 is 2.69 bits per heavy atom. The van der Waals surface area contributed by atoms with Crippen molar-refractivity contribution in [2.75, 3.05) is 20.1 Å². The molecule has 1 aromatic heterocycles. The van der Waals surface area contributed by atoms with Crippen LogP contribution in [0.15, 0.2) is 71.1 Å². The third kappa shape index (κ3) is 3.35. The van der Waals surface area contributed by atoms with Gasteiger partial charge in [0.05, 0.1) is 0 Å². The molecule has 8 nitrogen and oxygen atoms in total. The molecule has 2 aliphatic rings. The van der Waals surface area contributed by atoms with E-state index >= 15 is 4.39 Å². The van der Waals surface area contributed by atoms with E-state index in [0.29, 0.717) is 29.5 Å². The van der Waals surface area contributed by atoms with Crippen molar-refractivity contribution in [2.45, 2.75) is 18.6 Å². The summed E-state index contributed by atoms with van der Waals surface area (Å²) in [7, 11) is 1.72. The molecule has 2 aromatic carbocycles. The smallest absolute Gasteiger partial charge is 0.190 e. The minimum absolute atomic E-state index is 0.0728. The molecule has 2 unspecified atom stereocenters. The number of halogens is 1. The van der Waals surface area contributed by atoms with Gasteiger partial charge in [0.1, 0.15) is 29.5 Å². The standard InChI is InChI=1S/C23H25FN8/c1-14-28-13-29-32(14)20-9-8-16(10-19(20)24)23(25)30-21-17(15-6-4-3-5-7-15)11-27-12-18(21)22(26-2)31-23/h3-10,13,17,27,30H,11-12,25H2,1-2H3,(H,26,31). The van der Waals surface area contributed by atoms with Gasteiger partial charge in [-0.3, -0.25) is 10.7 Å². The number of benzene rings is 2. The first-order valence-corrected chi connectivity index (χ1v) is 10.5. The molecular weight excluding hydrogens is 407 g/mol. The van der Waals surface area contributed by atoms with Crippen molar-refractivity contribution in [3.05, 3.63) is 88.9 Å². The Labute approximate surface area is 185 Å². The molecule has 0 saturated heterocycles. The van der Waals surface area contributed by atoms with Crippen LogP contribution in [0.2, 0.25) is 0 Å². The highest BCUT2D eigenvalue weighted by Crippen LogP contribution is 2.33. The maximum Gasteiger partial charge on any atom is 0.190 e. The minimum atomic E-state index is -1.23. The molecule has 0 aliphatic carbocycles. The number of hydrogen-bond donors (Lipinski definition) is 4. The van der Waals surface area contributed by atoms with Crippen LogP contribution in [0.3, 0.4) is 0 Å². The van der Waals surface area contributed by atoms with Crippen LogP contribution in [-0.4, -0.2) is 40.7 Å². The fourth-order valence-corrected chi connectivity index (χ4v) is 4.39. The molecule has 9 heteroatoms. The molecule has 5 rings (SSSR count). The number of hydrogen-bond acceptors (Lipinski definition) is 6. The van der Waals surface area contributed by atoms with Crippen LogP contribution in [0.1, 0.15) is 22.9 Å². The second-order valence-corrected chi connectivity index (χ2v) is 8.00. The zero-order valence-electron chi connectivity index (χ0n) is 17.9. The predicted octanol–water partition coefficient (Wildman–Crippen LogP) is 1.65. The largest absolute Gasteiger partial charge is 0.349 e. The van der Waals surface area contributed by atoms with E-state index in [1.54, 1.807) is 26.1 Å². The average molecular weight is 433 g/mol. The number of aromatic nitrogens is 3. The van der Waals surface area contributed by atoms with Crippen LogP contribution in [-0.2, 0) is 5.79 Å². The molecule has 3 heterocycles. The van der Waals surface area contributed by atoms with E-state index in [9.17, 15) is 0 Å². The number of amidine groups is 1. The molecule has 32 heavy (non-hydrogen) atoms. The second kappa shape index (κ2) is 7.85. The zero-order valence-corrected chi connectivity index (χ0v) is 17.9. The molecule has 0 amide bonds. The number of aliphatic imine (C=N–C) groups is 1. The number of nitrogens with two attached hydrogens (primary N) is 1. The van der Waals surface area contributed by atoms with Crippen LogP contribution in [0.25, 0.3) is 5.69 Å². The van der Waals surface area contributed by atoms with Crippen LogP contribution in [0.4, 0.5) is 4.39 Å². The first-order chi connectivity index (χ1) is 15.5. The predicted molar refractivity (Wildman–Crippen MR) is 121 cm³/mol. The van der Waals surface area contributed by atoms with Gasteiger partial charge in [0.15, 0.2) is 5.79 Å². The Bertz CT molecular complexity index is 1220. The SMILES string of the molecule is CN=C1NC(N)(c2ccc(-n3ncnc3C)c(F)c2)NC2=C1CNCC2c1ccccc1. The first-order valence-electron chi connectivity index (χ1n) is 10.5. The van der Waals surface area contributed by atoms with Crippen molar-refractivity contribution in [2.24, 2.45) is 10.7 Å². The maximum absolute atomic E-state index is 15.1. The van der Waals surface area contributed by atoms with Gasteiger partial charge in [0.2, 0.25) is 0 Å². The lowest BCUT2D eigenvalue weighted by molar-refractivity contribution is 0.317. The quantitative estimate of drug-likeness (QED) is 0.502. The maximum atomic E-state index is 15.1. The molecule has 164 valence electrons. The first kappa shape index (κ1) is 20.3. The van der Waals surface area contributed by atoms with Crippen LogP contribution < -0.4 is 21.7 Å². The lowest BCUT2D eigenvalue weighted by atomic mass is 9.86. The topological polar surface area (TPSA) is 105 Å². The van der Waals surface area contributed by atoms with Crippen LogP contribution >= 0.6 is 0 Å². The molecular formula is C23H25FN8. The minimum Gasteiger partial charge on any atom is -0.349 e. The molecule has 0 saturated carbocycles. The summed E-state index contributed by atoms with van der Waals surface area (Å²) in [6.45, 7) is 3.20. The highest BCUT2D eigenvalue weighted by molar-refractivity contribution is 6.01. The van der Waals surface area contributed by atoms with Crippen molar-refractivity contribution in [3.8, 4) is 5.69 Å². The van der Waals surface area contributed by atoms with Crippen molar-refractivity contribution < 1.29 is 4.39 Å². The normalized spacial score (nSPS) is 24.1. The van der Waals surface area contributed by atoms with Gasteiger partial charge in [-0.05, 0) is 24.6 Å². The Balaban J connectivity index is 1.55. The van der Waals surface area contributed by atoms with Gasteiger partial charge >= 0.3 is 0 Å². The Kier molecular flexibility index (Phi) is 4.99. The summed E-state index contributed by atoms with van der Waals surface area (Å²) in [6.07, 6.45) is 1.40. The van der Waals surface area contributed by atoms with E-state index in [2.05, 4.69) is 43.2 Å². The molecule has 5 N–H and O–H groups in total. The lowest BCUT2D eigenvalue weighted by Gasteiger charge is -2.44. The van der Waals surface area contributed by atoms with E-state index in [1.807, 2.05) is 18.2 Å². The molecule has 0 fully saturated rings. The van der Waals surface area contributed by atoms with Gasteiger partial charge in [0.25, 0.3) is 0 Å². The molecule has 3 aromatic rings. The number of nitrogens with zero attached hydrogens (tertiary/aromatic N) is 4. The van der Waals surface area contributed by atoms with Crippen molar-refractivity contribution in [1.82, 2.24) is 30.7 Å². The van der Waals surface area contributed by atoms with Crippen molar-refractivity contribution in [3.63, 3.8) is 0 Å². The van der Waals surface area contributed by atoms with Gasteiger partial charge in [-0.1, -0.05) is 36.4 Å². The summed E-state index contributed by atoms with van der Waals surface area (Å²) >= 11 is 0. The third-order valence-electron chi connectivity index (χ3n) is 6.03. The fraction of sp³-hybridized carbons (Fsp3) is 0.261. The summed E-state index contributed by atoms with van der Waals surface area (Å²) in [5.74, 6) is -0.308. The molecule has 0 radical (unpaired) electrons. The summed E-state index contributed by atoms with van der Waals surface area (Å²) in [4.78, 5) is 8.52. The fourth-order valence-electron chi connectivity index (χ4n) is 4.39. The number of rotatable bonds is 3. The van der Waals surface area contributed by atoms with Gasteiger partial charge in [-0.15, -0.1) is 0 Å². The van der Waals surface area contributed by atoms with E-state index in [-0.39, 0.29) is 5.92 Å². The lowest BCUT2D eigenvalue weighted by Crippen LogP contribution is -2.67. The number of aryl methyl sites for hydroxylation is 1. The Morgan fingerprint density at radius 1 is 1.19 bits per heavy atom. The number of nitrogens with one attached hydrogen (secondary N) is 3. The van der Waals surface area contributed by atoms with E-state index < -0.39 is 11.6 Å². The Morgan fingerprint density at radius 2 is 2.00 bits per heavy atom. The average Bonchev–Trinajstić information content (AvgIpc) is 3.24. The monoisotopic (exact) mass is 432 g/mol. The van der Waals surface area contributed by atoms with Gasteiger partial charge in [-0.25, -0.2) is 14.1 Å². The molecule has 2 aliphatic heterocycles. The molecule has 0 spiro atoms. The van der Waals surface area contributed by atoms with Gasteiger partial charge in [0, 0.05) is 42.9 Å². The van der Waals surface area contributed by atoms with Crippen molar-refractivity contribution >= 4 is 5.84 Å². The Hall–Kier alpha value is -3.56. The summed E-state index contributed by atoms with van der Waals surface area (Å²) < 4.78 is 16.6. The van der Waals surface area contributed by atoms with Crippen molar-refractivity contribution in [1.29, 1.82) is 0 Å². The van der Waals surface area contributed by atoms with Crippen LogP contribution in [0.5, 0.6) is 0 Å². The molecule has 2 atom stereocenters. The van der Waals surface area contributed by atoms with Gasteiger partial charge < -0.3 is 16.0 Å². The third-order valence-corrected chi connectivity index (χ3v) is 6.03. The highest BCUT2D eigenvalue weighted by atomic mass is 19.1. The summed E-state index contributed by atoms with van der Waals surface area (Å²) in [5.41, 5.74) is 10.9. The zero-order chi connectivity index (χ0) is 22.3. The van der Waals surface area contributed by atoms with E-state index in [4.69, 9.17) is 5.73 Å². The van der Waals surface area contributed by atoms with Crippen LogP contribution in [0, 0.1) is 12.7 Å². The van der Waals surface area contributed by atoms with E-state index in [1.165, 1.54) is 22.6 Å².